The van der Waals surface area contributed by atoms with E-state index in [1.165, 1.54) is 6.26 Å². The fourth-order valence-corrected chi connectivity index (χ4v) is 2.94. The van der Waals surface area contributed by atoms with Gasteiger partial charge in [0.2, 0.25) is 10.0 Å². The second-order valence-corrected chi connectivity index (χ2v) is 6.01. The smallest absolute Gasteiger partial charge is 0.211 e. The molecule has 0 aromatic carbocycles. The Morgan fingerprint density at radius 2 is 1.67 bits per heavy atom. The van der Waals surface area contributed by atoms with Gasteiger partial charge in [-0.25, -0.2) is 12.7 Å². The average molecular weight is 228 g/mol. The summed E-state index contributed by atoms with van der Waals surface area (Å²) in [7, 11) is -2.99. The number of nitrogens with zero attached hydrogens (tertiary/aromatic N) is 2. The zero-order valence-electron chi connectivity index (χ0n) is 8.83. The maximum absolute atomic E-state index is 11.3. The number of aromatic nitrogens is 1. The molecule has 0 bridgehead atoms. The van der Waals surface area contributed by atoms with Crippen LogP contribution in [0.15, 0.2) is 24.5 Å². The lowest BCUT2D eigenvalue weighted by atomic mass is 10.1. The molecule has 0 spiro atoms. The summed E-state index contributed by atoms with van der Waals surface area (Å²) in [6, 6.07) is 4.46. The zero-order chi connectivity index (χ0) is 10.9. The van der Waals surface area contributed by atoms with Gasteiger partial charge in [-0.1, -0.05) is 0 Å². The van der Waals surface area contributed by atoms with E-state index < -0.39 is 10.0 Å². The van der Waals surface area contributed by atoms with Crippen molar-refractivity contribution in [2.75, 3.05) is 19.3 Å². The summed E-state index contributed by atoms with van der Waals surface area (Å²) in [5.74, 6) is 0. The van der Waals surface area contributed by atoms with E-state index in [0.29, 0.717) is 19.1 Å². The summed E-state index contributed by atoms with van der Waals surface area (Å²) in [5, 5.41) is 0. The highest BCUT2D eigenvalue weighted by molar-refractivity contribution is 7.88. The molecule has 1 saturated heterocycles. The highest BCUT2D eigenvalue weighted by Crippen LogP contribution is 2.23. The maximum atomic E-state index is 11.3. The summed E-state index contributed by atoms with van der Waals surface area (Å²) in [6.07, 6.45) is 7.17. The molecule has 1 aromatic heterocycles. The maximum Gasteiger partial charge on any atom is 0.211 e. The monoisotopic (exact) mass is 228 g/mol. The van der Waals surface area contributed by atoms with Gasteiger partial charge in [0.15, 0.2) is 0 Å². The SMILES string of the molecule is CS(=O)(=O)N1CCC(n2cccc2)CC1. The normalized spacial score (nSPS) is 20.6. The topological polar surface area (TPSA) is 42.3 Å². The Morgan fingerprint density at radius 1 is 1.13 bits per heavy atom. The van der Waals surface area contributed by atoms with Crippen molar-refractivity contribution < 1.29 is 8.42 Å². The van der Waals surface area contributed by atoms with Crippen molar-refractivity contribution in [1.82, 2.24) is 8.87 Å². The second kappa shape index (κ2) is 3.98. The molecule has 84 valence electrons. The third kappa shape index (κ3) is 2.41. The van der Waals surface area contributed by atoms with Crippen LogP contribution in [0.25, 0.3) is 0 Å². The molecule has 1 aliphatic rings. The lowest BCUT2D eigenvalue weighted by molar-refractivity contribution is 0.275. The minimum atomic E-state index is -2.99. The van der Waals surface area contributed by atoms with Crippen LogP contribution in [-0.2, 0) is 10.0 Å². The van der Waals surface area contributed by atoms with Crippen LogP contribution in [0.2, 0.25) is 0 Å². The predicted octanol–water partition coefficient (Wildman–Crippen LogP) is 1.08. The first-order chi connectivity index (χ1) is 7.07. The highest BCUT2D eigenvalue weighted by Gasteiger charge is 2.25. The van der Waals surface area contributed by atoms with E-state index in [1.54, 1.807) is 4.31 Å². The second-order valence-electron chi connectivity index (χ2n) is 4.02. The Bertz CT molecular complexity index is 403. The zero-order valence-corrected chi connectivity index (χ0v) is 9.65. The minimum absolute atomic E-state index is 0.456. The van der Waals surface area contributed by atoms with Crippen molar-refractivity contribution in [2.45, 2.75) is 18.9 Å². The van der Waals surface area contributed by atoms with Crippen molar-refractivity contribution >= 4 is 10.0 Å². The fourth-order valence-electron chi connectivity index (χ4n) is 2.06. The number of hydrogen-bond acceptors (Lipinski definition) is 2. The molecule has 0 radical (unpaired) electrons. The van der Waals surface area contributed by atoms with Crippen LogP contribution in [0.1, 0.15) is 18.9 Å². The summed E-state index contributed by atoms with van der Waals surface area (Å²) < 4.78 is 26.3. The van der Waals surface area contributed by atoms with Gasteiger partial charge in [-0.15, -0.1) is 0 Å². The molecule has 0 saturated carbocycles. The lowest BCUT2D eigenvalue weighted by Gasteiger charge is -2.31. The van der Waals surface area contributed by atoms with Crippen molar-refractivity contribution in [3.63, 3.8) is 0 Å². The van der Waals surface area contributed by atoms with Gasteiger partial charge < -0.3 is 4.57 Å². The molecule has 0 unspecified atom stereocenters. The van der Waals surface area contributed by atoms with E-state index in [1.807, 2.05) is 24.5 Å². The largest absolute Gasteiger partial charge is 0.351 e. The van der Waals surface area contributed by atoms with Crippen LogP contribution < -0.4 is 0 Å². The summed E-state index contributed by atoms with van der Waals surface area (Å²) in [5.41, 5.74) is 0. The molecule has 0 atom stereocenters. The van der Waals surface area contributed by atoms with E-state index in [0.717, 1.165) is 12.8 Å². The molecule has 2 rings (SSSR count). The van der Waals surface area contributed by atoms with Crippen LogP contribution in [-0.4, -0.2) is 36.6 Å². The average Bonchev–Trinajstić information content (AvgIpc) is 2.69. The van der Waals surface area contributed by atoms with Gasteiger partial charge in [-0.3, -0.25) is 0 Å². The molecule has 2 heterocycles. The van der Waals surface area contributed by atoms with E-state index >= 15 is 0 Å². The van der Waals surface area contributed by atoms with Gasteiger partial charge in [0.05, 0.1) is 6.26 Å². The molecule has 5 heteroatoms. The van der Waals surface area contributed by atoms with Gasteiger partial charge in [-0.05, 0) is 25.0 Å². The molecule has 15 heavy (non-hydrogen) atoms. The Balaban J connectivity index is 1.99. The minimum Gasteiger partial charge on any atom is -0.351 e. The molecule has 0 amide bonds. The Morgan fingerprint density at radius 3 is 2.13 bits per heavy atom. The van der Waals surface area contributed by atoms with E-state index in [-0.39, 0.29) is 0 Å². The number of hydrogen-bond donors (Lipinski definition) is 0. The molecule has 4 nitrogen and oxygen atoms in total. The van der Waals surface area contributed by atoms with Crippen LogP contribution in [0, 0.1) is 0 Å². The highest BCUT2D eigenvalue weighted by atomic mass is 32.2. The van der Waals surface area contributed by atoms with E-state index in [9.17, 15) is 8.42 Å². The first-order valence-electron chi connectivity index (χ1n) is 5.15. The molecule has 1 aromatic rings. The quantitative estimate of drug-likeness (QED) is 0.760. The first kappa shape index (κ1) is 10.7. The van der Waals surface area contributed by atoms with Crippen LogP contribution in [0.5, 0.6) is 0 Å². The molecule has 0 N–H and O–H groups in total. The van der Waals surface area contributed by atoms with Gasteiger partial charge >= 0.3 is 0 Å². The Kier molecular flexibility index (Phi) is 2.84. The Labute approximate surface area is 90.6 Å². The van der Waals surface area contributed by atoms with Crippen molar-refractivity contribution in [3.05, 3.63) is 24.5 Å². The first-order valence-corrected chi connectivity index (χ1v) is 7.00. The number of rotatable bonds is 2. The fraction of sp³-hybridized carbons (Fsp3) is 0.600. The standard InChI is InChI=1S/C10H16N2O2S/c1-15(13,14)12-8-4-10(5-9-12)11-6-2-3-7-11/h2-3,6-7,10H,4-5,8-9H2,1H3. The van der Waals surface area contributed by atoms with Crippen LogP contribution in [0.4, 0.5) is 0 Å². The van der Waals surface area contributed by atoms with E-state index in [4.69, 9.17) is 0 Å². The molecular weight excluding hydrogens is 212 g/mol. The van der Waals surface area contributed by atoms with Gasteiger partial charge in [0, 0.05) is 31.5 Å². The van der Waals surface area contributed by atoms with Crippen LogP contribution in [0.3, 0.4) is 0 Å². The van der Waals surface area contributed by atoms with Crippen molar-refractivity contribution in [2.24, 2.45) is 0 Å². The van der Waals surface area contributed by atoms with Gasteiger partial charge in [0.1, 0.15) is 0 Å². The molecular formula is C10H16N2O2S. The van der Waals surface area contributed by atoms with Crippen molar-refractivity contribution in [3.8, 4) is 0 Å². The molecule has 1 aliphatic heterocycles. The third-order valence-corrected chi connectivity index (χ3v) is 4.24. The number of sulfonamides is 1. The third-order valence-electron chi connectivity index (χ3n) is 2.94. The van der Waals surface area contributed by atoms with E-state index in [2.05, 4.69) is 4.57 Å². The van der Waals surface area contributed by atoms with Crippen molar-refractivity contribution in [1.29, 1.82) is 0 Å². The summed E-state index contributed by atoms with van der Waals surface area (Å²) in [6.45, 7) is 1.28. The molecule has 1 fully saturated rings. The predicted molar refractivity (Wildman–Crippen MR) is 59.1 cm³/mol. The van der Waals surface area contributed by atoms with Crippen LogP contribution >= 0.6 is 0 Å². The lowest BCUT2D eigenvalue weighted by Crippen LogP contribution is -2.38. The summed E-state index contributed by atoms with van der Waals surface area (Å²) >= 11 is 0. The van der Waals surface area contributed by atoms with Gasteiger partial charge in [0.25, 0.3) is 0 Å². The Hall–Kier alpha value is -0.810. The summed E-state index contributed by atoms with van der Waals surface area (Å²) in [4.78, 5) is 0. The number of piperidine rings is 1. The van der Waals surface area contributed by atoms with Gasteiger partial charge in [-0.2, -0.15) is 0 Å². The molecule has 0 aliphatic carbocycles.